The average Bonchev–Trinajstić information content (AvgIpc) is 3.09. The third-order valence-corrected chi connectivity index (χ3v) is 4.97. The second-order valence-corrected chi connectivity index (χ2v) is 6.42. The second-order valence-electron chi connectivity index (χ2n) is 6.42. The lowest BCUT2D eigenvalue weighted by Crippen LogP contribution is -2.15. The predicted molar refractivity (Wildman–Crippen MR) is 95.4 cm³/mol. The van der Waals surface area contributed by atoms with Crippen LogP contribution in [0.15, 0.2) is 18.2 Å². The molecule has 25 heavy (non-hydrogen) atoms. The summed E-state index contributed by atoms with van der Waals surface area (Å²) in [4.78, 5) is 27.8. The van der Waals surface area contributed by atoms with Gasteiger partial charge in [0.25, 0.3) is 11.8 Å². The van der Waals surface area contributed by atoms with Gasteiger partial charge in [0.1, 0.15) is 5.75 Å². The van der Waals surface area contributed by atoms with Gasteiger partial charge < -0.3 is 20.8 Å². The molecule has 0 bridgehead atoms. The number of allylic oxidation sites excluding steroid dienone is 1. The van der Waals surface area contributed by atoms with Crippen LogP contribution in [0.5, 0.6) is 5.75 Å². The molecule has 0 spiro atoms. The van der Waals surface area contributed by atoms with Gasteiger partial charge in [-0.15, -0.1) is 0 Å². The van der Waals surface area contributed by atoms with Crippen molar-refractivity contribution in [3.8, 4) is 5.75 Å². The lowest BCUT2D eigenvalue weighted by Gasteiger charge is -2.18. The highest BCUT2D eigenvalue weighted by Gasteiger charge is 2.32. The molecule has 2 amide bonds. The molecular weight excluding hydrogens is 318 g/mol. The van der Waals surface area contributed by atoms with E-state index < -0.39 is 5.91 Å². The Morgan fingerprint density at radius 2 is 2.08 bits per heavy atom. The maximum atomic E-state index is 12.7. The largest absolute Gasteiger partial charge is 0.497 e. The van der Waals surface area contributed by atoms with E-state index in [4.69, 9.17) is 10.5 Å². The number of ether oxygens (including phenoxy) is 1. The number of anilines is 1. The summed E-state index contributed by atoms with van der Waals surface area (Å²) in [6.07, 6.45) is 2.42. The minimum Gasteiger partial charge on any atom is -0.497 e. The standard InChI is InChI=1S/C19H19N3O3/c1-9-15(18(20)23)11-4-3-5-12(17(11)21-9)16-13-8-10(25-2)6-7-14(13)22-19(16)24/h6-8,21H,3-5H2,1-2H3,(H2,20,23)(H,22,24)/b16-12-. The number of aromatic amines is 1. The number of aryl methyl sites for hydroxylation is 1. The van der Waals surface area contributed by atoms with E-state index in [-0.39, 0.29) is 5.91 Å². The van der Waals surface area contributed by atoms with Crippen molar-refractivity contribution in [2.75, 3.05) is 12.4 Å². The molecule has 0 saturated heterocycles. The number of carbonyl (C=O) groups is 2. The van der Waals surface area contributed by atoms with Crippen molar-refractivity contribution in [2.45, 2.75) is 26.2 Å². The Morgan fingerprint density at radius 1 is 1.28 bits per heavy atom. The van der Waals surface area contributed by atoms with E-state index in [1.54, 1.807) is 7.11 Å². The first kappa shape index (κ1) is 15.5. The highest BCUT2D eigenvalue weighted by molar-refractivity contribution is 6.37. The first-order valence-corrected chi connectivity index (χ1v) is 8.25. The molecule has 0 unspecified atom stereocenters. The molecule has 0 radical (unpaired) electrons. The number of primary amides is 1. The Kier molecular flexibility index (Phi) is 3.42. The number of methoxy groups -OCH3 is 1. The van der Waals surface area contributed by atoms with Crippen molar-refractivity contribution in [1.82, 2.24) is 4.98 Å². The molecule has 128 valence electrons. The number of H-pyrrole nitrogens is 1. The lowest BCUT2D eigenvalue weighted by molar-refractivity contribution is -0.110. The zero-order valence-corrected chi connectivity index (χ0v) is 14.2. The van der Waals surface area contributed by atoms with Crippen LogP contribution in [0.25, 0.3) is 11.1 Å². The van der Waals surface area contributed by atoms with E-state index in [9.17, 15) is 9.59 Å². The maximum absolute atomic E-state index is 12.7. The molecule has 1 aromatic heterocycles. The zero-order chi connectivity index (χ0) is 17.7. The predicted octanol–water partition coefficient (Wildman–Crippen LogP) is 2.63. The minimum absolute atomic E-state index is 0.126. The minimum atomic E-state index is -0.431. The number of nitrogens with one attached hydrogen (secondary N) is 2. The number of amides is 2. The molecule has 1 aliphatic heterocycles. The van der Waals surface area contributed by atoms with Gasteiger partial charge in [0.15, 0.2) is 0 Å². The van der Waals surface area contributed by atoms with Crippen LogP contribution in [0.2, 0.25) is 0 Å². The number of benzene rings is 1. The molecule has 4 rings (SSSR count). The van der Waals surface area contributed by atoms with Crippen LogP contribution >= 0.6 is 0 Å². The molecule has 1 aliphatic carbocycles. The smallest absolute Gasteiger partial charge is 0.256 e. The van der Waals surface area contributed by atoms with Crippen molar-refractivity contribution in [1.29, 1.82) is 0 Å². The summed E-state index contributed by atoms with van der Waals surface area (Å²) in [6, 6.07) is 5.54. The van der Waals surface area contributed by atoms with Crippen LogP contribution in [-0.4, -0.2) is 23.9 Å². The third kappa shape index (κ3) is 2.25. The van der Waals surface area contributed by atoms with Gasteiger partial charge in [-0.3, -0.25) is 9.59 Å². The maximum Gasteiger partial charge on any atom is 0.256 e. The van der Waals surface area contributed by atoms with Crippen molar-refractivity contribution >= 4 is 28.6 Å². The Bertz CT molecular complexity index is 953. The zero-order valence-electron chi connectivity index (χ0n) is 14.2. The molecule has 6 heteroatoms. The Morgan fingerprint density at radius 3 is 2.80 bits per heavy atom. The first-order chi connectivity index (χ1) is 12.0. The molecule has 1 aromatic carbocycles. The number of nitrogens with two attached hydrogens (primary N) is 1. The monoisotopic (exact) mass is 337 g/mol. The summed E-state index contributed by atoms with van der Waals surface area (Å²) in [5.41, 5.74) is 11.8. The summed E-state index contributed by atoms with van der Waals surface area (Å²) < 4.78 is 5.30. The Labute approximate surface area is 145 Å². The molecule has 0 saturated carbocycles. The number of fused-ring (bicyclic) bond motifs is 2. The fourth-order valence-electron chi connectivity index (χ4n) is 3.91. The van der Waals surface area contributed by atoms with Crippen LogP contribution in [0.4, 0.5) is 5.69 Å². The summed E-state index contributed by atoms with van der Waals surface area (Å²) in [5.74, 6) is 0.142. The van der Waals surface area contributed by atoms with Crippen LogP contribution in [0.1, 0.15) is 45.7 Å². The Hall–Kier alpha value is -3.02. The fourth-order valence-corrected chi connectivity index (χ4v) is 3.91. The van der Waals surface area contributed by atoms with E-state index in [1.165, 1.54) is 0 Å². The fraction of sp³-hybridized carbons (Fsp3) is 0.263. The van der Waals surface area contributed by atoms with Gasteiger partial charge >= 0.3 is 0 Å². The van der Waals surface area contributed by atoms with Crippen molar-refractivity contribution < 1.29 is 14.3 Å². The molecule has 4 N–H and O–H groups in total. The topological polar surface area (TPSA) is 97.2 Å². The van der Waals surface area contributed by atoms with Crippen LogP contribution in [-0.2, 0) is 11.2 Å². The lowest BCUT2D eigenvalue weighted by atomic mass is 9.86. The summed E-state index contributed by atoms with van der Waals surface area (Å²) in [7, 11) is 1.60. The molecule has 6 nitrogen and oxygen atoms in total. The van der Waals surface area contributed by atoms with E-state index in [0.29, 0.717) is 16.9 Å². The molecule has 0 atom stereocenters. The van der Waals surface area contributed by atoms with Gasteiger partial charge in [0.05, 0.1) is 18.2 Å². The average molecular weight is 337 g/mol. The number of hydrogen-bond acceptors (Lipinski definition) is 3. The van der Waals surface area contributed by atoms with E-state index in [1.807, 2.05) is 25.1 Å². The summed E-state index contributed by atoms with van der Waals surface area (Å²) in [6.45, 7) is 1.84. The van der Waals surface area contributed by atoms with Gasteiger partial charge in [-0.05, 0) is 55.5 Å². The Balaban J connectivity index is 1.97. The quantitative estimate of drug-likeness (QED) is 0.735. The third-order valence-electron chi connectivity index (χ3n) is 4.97. The molecular formula is C19H19N3O3. The molecule has 0 fully saturated rings. The van der Waals surface area contributed by atoms with E-state index in [2.05, 4.69) is 10.3 Å². The first-order valence-electron chi connectivity index (χ1n) is 8.25. The highest BCUT2D eigenvalue weighted by atomic mass is 16.5. The number of hydrogen-bond donors (Lipinski definition) is 3. The SMILES string of the molecule is COc1ccc2c(c1)/C(=C1\CCCc3c1[nH]c(C)c3C(N)=O)C(=O)N2. The van der Waals surface area contributed by atoms with E-state index >= 15 is 0 Å². The summed E-state index contributed by atoms with van der Waals surface area (Å²) >= 11 is 0. The normalized spacial score (nSPS) is 18.6. The van der Waals surface area contributed by atoms with Crippen molar-refractivity contribution in [3.05, 3.63) is 46.3 Å². The van der Waals surface area contributed by atoms with Gasteiger partial charge in [-0.25, -0.2) is 0 Å². The van der Waals surface area contributed by atoms with Crippen LogP contribution in [0, 0.1) is 6.92 Å². The number of aromatic nitrogens is 1. The molecule has 2 aliphatic rings. The van der Waals surface area contributed by atoms with Gasteiger partial charge in [0.2, 0.25) is 0 Å². The van der Waals surface area contributed by atoms with Crippen molar-refractivity contribution in [2.24, 2.45) is 5.73 Å². The van der Waals surface area contributed by atoms with Gasteiger partial charge in [-0.1, -0.05) is 0 Å². The molecule has 2 heterocycles. The summed E-state index contributed by atoms with van der Waals surface area (Å²) in [5, 5.41) is 2.91. The van der Waals surface area contributed by atoms with Crippen LogP contribution < -0.4 is 15.8 Å². The van der Waals surface area contributed by atoms with E-state index in [0.717, 1.165) is 53.0 Å². The number of carbonyl (C=O) groups excluding carboxylic acids is 2. The van der Waals surface area contributed by atoms with Crippen molar-refractivity contribution in [3.63, 3.8) is 0 Å². The molecule has 2 aromatic rings. The van der Waals surface area contributed by atoms with Gasteiger partial charge in [-0.2, -0.15) is 0 Å². The van der Waals surface area contributed by atoms with Gasteiger partial charge in [0, 0.05) is 22.6 Å². The van der Waals surface area contributed by atoms with Crippen LogP contribution in [0.3, 0.4) is 0 Å². The number of rotatable bonds is 2. The second kappa shape index (κ2) is 5.51. The highest BCUT2D eigenvalue weighted by Crippen LogP contribution is 2.43.